The SMILES string of the molecule is COc1cc(OC)cc(N(CCN(C(C)=O)C(C)C)c2ccc3ncc(-c4cnn(C)c4)nc3c2)c1. The van der Waals surface area contributed by atoms with Gasteiger partial charge in [-0.15, -0.1) is 0 Å². The highest BCUT2D eigenvalue weighted by molar-refractivity contribution is 5.83. The molecular weight excluding hydrogens is 456 g/mol. The molecule has 9 nitrogen and oxygen atoms in total. The summed E-state index contributed by atoms with van der Waals surface area (Å²) in [5, 5.41) is 4.25. The second-order valence-corrected chi connectivity index (χ2v) is 8.86. The van der Waals surface area contributed by atoms with Crippen LogP contribution in [0.1, 0.15) is 20.8 Å². The van der Waals surface area contributed by atoms with Crippen LogP contribution in [0.5, 0.6) is 11.5 Å². The Hall–Kier alpha value is -4.14. The molecule has 0 radical (unpaired) electrons. The maximum absolute atomic E-state index is 12.3. The number of hydrogen-bond donors (Lipinski definition) is 0. The summed E-state index contributed by atoms with van der Waals surface area (Å²) in [6.45, 7) is 6.75. The first-order valence-electron chi connectivity index (χ1n) is 11.8. The van der Waals surface area contributed by atoms with E-state index >= 15 is 0 Å². The van der Waals surface area contributed by atoms with Crippen molar-refractivity contribution >= 4 is 28.3 Å². The number of hydrogen-bond acceptors (Lipinski definition) is 7. The van der Waals surface area contributed by atoms with Gasteiger partial charge >= 0.3 is 0 Å². The van der Waals surface area contributed by atoms with Crippen LogP contribution in [0.3, 0.4) is 0 Å². The number of carbonyl (C=O) groups excluding carboxylic acids is 1. The summed E-state index contributed by atoms with van der Waals surface area (Å²) in [5.74, 6) is 1.40. The molecule has 4 aromatic rings. The zero-order chi connectivity index (χ0) is 25.8. The van der Waals surface area contributed by atoms with E-state index in [4.69, 9.17) is 14.5 Å². The molecule has 0 atom stereocenters. The molecular formula is C27H32N6O3. The molecule has 0 bridgehead atoms. The van der Waals surface area contributed by atoms with Crippen molar-refractivity contribution in [2.45, 2.75) is 26.8 Å². The van der Waals surface area contributed by atoms with Crippen LogP contribution in [0, 0.1) is 0 Å². The van der Waals surface area contributed by atoms with Crippen molar-refractivity contribution in [2.75, 3.05) is 32.2 Å². The van der Waals surface area contributed by atoms with Gasteiger partial charge in [-0.2, -0.15) is 5.10 Å². The lowest BCUT2D eigenvalue weighted by atomic mass is 10.2. The van der Waals surface area contributed by atoms with Gasteiger partial charge in [-0.05, 0) is 32.0 Å². The minimum absolute atomic E-state index is 0.0404. The van der Waals surface area contributed by atoms with Crippen molar-refractivity contribution in [3.8, 4) is 22.8 Å². The highest BCUT2D eigenvalue weighted by atomic mass is 16.5. The zero-order valence-electron chi connectivity index (χ0n) is 21.6. The number of ether oxygens (including phenoxy) is 2. The van der Waals surface area contributed by atoms with Crippen LogP contribution in [-0.2, 0) is 11.8 Å². The van der Waals surface area contributed by atoms with Gasteiger partial charge in [0.05, 0.1) is 43.3 Å². The number of aryl methyl sites for hydroxylation is 1. The summed E-state index contributed by atoms with van der Waals surface area (Å²) in [4.78, 5) is 25.7. The van der Waals surface area contributed by atoms with Crippen molar-refractivity contribution in [3.63, 3.8) is 0 Å². The van der Waals surface area contributed by atoms with Gasteiger partial charge in [0.15, 0.2) is 0 Å². The molecule has 0 saturated heterocycles. The average molecular weight is 489 g/mol. The van der Waals surface area contributed by atoms with Gasteiger partial charge in [-0.3, -0.25) is 14.5 Å². The van der Waals surface area contributed by atoms with Crippen LogP contribution < -0.4 is 14.4 Å². The summed E-state index contributed by atoms with van der Waals surface area (Å²) < 4.78 is 12.8. The van der Waals surface area contributed by atoms with Crippen LogP contribution in [0.15, 0.2) is 55.0 Å². The highest BCUT2D eigenvalue weighted by Gasteiger charge is 2.18. The number of carbonyl (C=O) groups is 1. The molecule has 0 aliphatic heterocycles. The van der Waals surface area contributed by atoms with Gasteiger partial charge in [0, 0.05) is 74.4 Å². The summed E-state index contributed by atoms with van der Waals surface area (Å²) in [6, 6.07) is 11.8. The van der Waals surface area contributed by atoms with Gasteiger partial charge in [0.1, 0.15) is 11.5 Å². The molecule has 1 amide bonds. The van der Waals surface area contributed by atoms with Gasteiger partial charge in [-0.25, -0.2) is 4.98 Å². The number of aromatic nitrogens is 4. The van der Waals surface area contributed by atoms with Gasteiger partial charge in [-0.1, -0.05) is 0 Å². The lowest BCUT2D eigenvalue weighted by molar-refractivity contribution is -0.130. The van der Waals surface area contributed by atoms with Crippen LogP contribution >= 0.6 is 0 Å². The molecule has 9 heteroatoms. The van der Waals surface area contributed by atoms with Crippen molar-refractivity contribution in [3.05, 3.63) is 55.0 Å². The Balaban J connectivity index is 1.78. The number of anilines is 2. The number of rotatable bonds is 9. The Morgan fingerprint density at radius 1 is 0.972 bits per heavy atom. The summed E-state index contributed by atoms with van der Waals surface area (Å²) in [6.07, 6.45) is 5.45. The number of amides is 1. The first-order valence-corrected chi connectivity index (χ1v) is 11.8. The maximum atomic E-state index is 12.3. The molecule has 36 heavy (non-hydrogen) atoms. The van der Waals surface area contributed by atoms with E-state index in [2.05, 4.69) is 15.0 Å². The molecule has 4 rings (SSSR count). The average Bonchev–Trinajstić information content (AvgIpc) is 3.31. The number of fused-ring (bicyclic) bond motifs is 1. The van der Waals surface area contributed by atoms with Crippen molar-refractivity contribution < 1.29 is 14.3 Å². The third kappa shape index (κ3) is 5.40. The first-order chi connectivity index (χ1) is 17.3. The fourth-order valence-electron chi connectivity index (χ4n) is 4.20. The Kier molecular flexibility index (Phi) is 7.38. The number of methoxy groups -OCH3 is 2. The van der Waals surface area contributed by atoms with Crippen molar-refractivity contribution in [1.82, 2.24) is 24.6 Å². The molecule has 0 aliphatic rings. The minimum atomic E-state index is 0.0404. The van der Waals surface area contributed by atoms with E-state index in [9.17, 15) is 4.79 Å². The molecule has 2 aromatic heterocycles. The Morgan fingerprint density at radius 3 is 2.28 bits per heavy atom. The van der Waals surface area contributed by atoms with E-state index in [1.54, 1.807) is 38.2 Å². The van der Waals surface area contributed by atoms with E-state index in [0.29, 0.717) is 24.6 Å². The van der Waals surface area contributed by atoms with Crippen LogP contribution in [-0.4, -0.2) is 63.9 Å². The molecule has 0 unspecified atom stereocenters. The van der Waals surface area contributed by atoms with Gasteiger partial charge in [0.2, 0.25) is 5.91 Å². The maximum Gasteiger partial charge on any atom is 0.219 e. The monoisotopic (exact) mass is 488 g/mol. The van der Waals surface area contributed by atoms with E-state index in [0.717, 1.165) is 33.7 Å². The molecule has 0 N–H and O–H groups in total. The third-order valence-corrected chi connectivity index (χ3v) is 6.08. The van der Waals surface area contributed by atoms with Gasteiger partial charge in [0.25, 0.3) is 0 Å². The zero-order valence-corrected chi connectivity index (χ0v) is 21.6. The molecule has 0 fully saturated rings. The predicted octanol–water partition coefficient (Wildman–Crippen LogP) is 4.44. The smallest absolute Gasteiger partial charge is 0.219 e. The molecule has 2 heterocycles. The normalized spacial score (nSPS) is 11.1. The minimum Gasteiger partial charge on any atom is -0.497 e. The highest BCUT2D eigenvalue weighted by Crippen LogP contribution is 2.34. The third-order valence-electron chi connectivity index (χ3n) is 6.08. The fourth-order valence-corrected chi connectivity index (χ4v) is 4.20. The van der Waals surface area contributed by atoms with Crippen LogP contribution in [0.2, 0.25) is 0 Å². The Morgan fingerprint density at radius 2 is 1.69 bits per heavy atom. The predicted molar refractivity (Wildman–Crippen MR) is 141 cm³/mol. The molecule has 0 spiro atoms. The number of benzene rings is 2. The van der Waals surface area contributed by atoms with E-state index < -0.39 is 0 Å². The van der Waals surface area contributed by atoms with E-state index in [-0.39, 0.29) is 11.9 Å². The van der Waals surface area contributed by atoms with Crippen LogP contribution in [0.25, 0.3) is 22.3 Å². The Labute approximate surface area is 211 Å². The lowest BCUT2D eigenvalue weighted by Crippen LogP contribution is -2.40. The topological polar surface area (TPSA) is 85.6 Å². The summed E-state index contributed by atoms with van der Waals surface area (Å²) in [5.41, 5.74) is 5.02. The van der Waals surface area contributed by atoms with Crippen molar-refractivity contribution in [1.29, 1.82) is 0 Å². The molecule has 0 saturated carbocycles. The van der Waals surface area contributed by atoms with E-state index in [1.165, 1.54) is 0 Å². The number of nitrogens with zero attached hydrogens (tertiary/aromatic N) is 6. The first kappa shape index (κ1) is 25.0. The quantitative estimate of drug-likeness (QED) is 0.344. The standard InChI is InChI=1S/C27H32N6O3/c1-18(2)32(19(3)34)9-10-33(22-11-23(35-5)14-24(12-22)36-6)21-7-8-25-26(13-21)30-27(16-28-25)20-15-29-31(4)17-20/h7-8,11-18H,9-10H2,1-6H3. The molecule has 0 aliphatic carbocycles. The lowest BCUT2D eigenvalue weighted by Gasteiger charge is -2.31. The second-order valence-electron chi connectivity index (χ2n) is 8.86. The molecule has 188 valence electrons. The summed E-state index contributed by atoms with van der Waals surface area (Å²) >= 11 is 0. The summed E-state index contributed by atoms with van der Waals surface area (Å²) in [7, 11) is 5.13. The van der Waals surface area contributed by atoms with Crippen molar-refractivity contribution in [2.24, 2.45) is 7.05 Å². The fraction of sp³-hybridized carbons (Fsp3) is 0.333. The Bertz CT molecular complexity index is 1340. The largest absolute Gasteiger partial charge is 0.497 e. The second kappa shape index (κ2) is 10.6. The molecule has 2 aromatic carbocycles. The van der Waals surface area contributed by atoms with E-state index in [1.807, 2.05) is 68.4 Å². The van der Waals surface area contributed by atoms with Crippen LogP contribution in [0.4, 0.5) is 11.4 Å². The van der Waals surface area contributed by atoms with Gasteiger partial charge < -0.3 is 19.3 Å².